The van der Waals surface area contributed by atoms with Gasteiger partial charge in [0.1, 0.15) is 0 Å². The maximum absolute atomic E-state index is 6.76. The summed E-state index contributed by atoms with van der Waals surface area (Å²) in [5.41, 5.74) is 1.52. The monoisotopic (exact) mass is 364 g/mol. The highest BCUT2D eigenvalue weighted by molar-refractivity contribution is 9.10. The van der Waals surface area contributed by atoms with Gasteiger partial charge in [-0.15, -0.1) is 9.97 Å². The number of nitrogens with one attached hydrogen (secondary N) is 2. The molecular weight excluding hydrogens is 356 g/mol. The molecule has 0 saturated heterocycles. The number of hydrogen-bond donors (Lipinski definition) is 2. The molecule has 0 aliphatic carbocycles. The quantitative estimate of drug-likeness (QED) is 0.431. The third-order valence-corrected chi connectivity index (χ3v) is 3.75. The number of nitrogens with zero attached hydrogens (tertiary/aromatic N) is 4. The van der Waals surface area contributed by atoms with Gasteiger partial charge in [-0.2, -0.15) is 0 Å². The van der Waals surface area contributed by atoms with Gasteiger partial charge in [-0.25, -0.2) is 0 Å². The van der Waals surface area contributed by atoms with Crippen LogP contribution in [0.3, 0.4) is 0 Å². The summed E-state index contributed by atoms with van der Waals surface area (Å²) >= 11 is 3.36. The molecule has 0 atom stereocenters. The smallest absolute Gasteiger partial charge is 0.271 e. The second-order valence-corrected chi connectivity index (χ2v) is 5.37. The van der Waals surface area contributed by atoms with E-state index in [-0.39, 0.29) is 0 Å². The summed E-state index contributed by atoms with van der Waals surface area (Å²) in [6.45, 7) is 13.5. The van der Waals surface area contributed by atoms with Gasteiger partial charge >= 0.3 is 0 Å². The van der Waals surface area contributed by atoms with Crippen LogP contribution in [0.4, 0.5) is 11.6 Å². The molecule has 6 nitrogen and oxygen atoms in total. The molecule has 0 radical (unpaired) electrons. The Morgan fingerprint density at radius 1 is 0.870 bits per heavy atom. The highest BCUT2D eigenvalue weighted by atomic mass is 79.9. The summed E-state index contributed by atoms with van der Waals surface area (Å²) in [6.07, 6.45) is 3.62. The number of fused-ring (bicyclic) bond motifs is 2. The van der Waals surface area contributed by atoms with Crippen LogP contribution in [0.5, 0.6) is 0 Å². The Morgan fingerprint density at radius 3 is 2.30 bits per heavy atom. The van der Waals surface area contributed by atoms with Gasteiger partial charge in [-0.1, -0.05) is 25.3 Å². The first-order chi connectivity index (χ1) is 11.2. The van der Waals surface area contributed by atoms with Crippen LogP contribution in [0.2, 0.25) is 0 Å². The molecule has 0 aromatic carbocycles. The zero-order valence-corrected chi connectivity index (χ0v) is 13.3. The van der Waals surface area contributed by atoms with Crippen LogP contribution < -0.4 is 0 Å². The Bertz CT molecular complexity index is 1060. The molecule has 0 aliphatic heterocycles. The number of hydrogen-bond acceptors (Lipinski definition) is 2. The van der Waals surface area contributed by atoms with Crippen molar-refractivity contribution in [3.05, 3.63) is 70.0 Å². The zero-order chi connectivity index (χ0) is 16.2. The number of pyridine rings is 2. The molecule has 0 saturated carbocycles. The molecule has 2 N–H and O–H groups in total. The average Bonchev–Trinajstić information content (AvgIpc) is 3.21. The molecular formula is C16H9BrN6. The van der Waals surface area contributed by atoms with E-state index in [9.17, 15) is 0 Å². The van der Waals surface area contributed by atoms with E-state index in [2.05, 4.69) is 45.6 Å². The lowest BCUT2D eigenvalue weighted by Crippen LogP contribution is -1.74. The first kappa shape index (κ1) is 14.8. The van der Waals surface area contributed by atoms with E-state index in [1.165, 1.54) is 0 Å². The van der Waals surface area contributed by atoms with Crippen molar-refractivity contribution < 1.29 is 0 Å². The summed E-state index contributed by atoms with van der Waals surface area (Å²) in [6, 6.07) is 9.09. The van der Waals surface area contributed by atoms with Gasteiger partial charge in [0, 0.05) is 22.3 Å². The lowest BCUT2D eigenvalue weighted by atomic mass is 10.3. The third kappa shape index (κ3) is 3.05. The fourth-order valence-electron chi connectivity index (χ4n) is 2.01. The maximum Gasteiger partial charge on any atom is 0.271 e. The molecule has 0 fully saturated rings. The van der Waals surface area contributed by atoms with Gasteiger partial charge in [0.15, 0.2) is 0 Å². The Morgan fingerprint density at radius 2 is 1.57 bits per heavy atom. The van der Waals surface area contributed by atoms with Gasteiger partial charge in [-0.3, -0.25) is 0 Å². The molecule has 0 amide bonds. The SMILES string of the molecule is [C-]#[N+]c1ccc2c(Br)c[nH]c2n1.[C-]#[N+]c1ccc2cc[nH]c2n1. The highest BCUT2D eigenvalue weighted by Crippen LogP contribution is 2.23. The predicted octanol–water partition coefficient (Wildman–Crippen LogP) is 4.99. The molecule has 0 aliphatic rings. The first-order valence-electron chi connectivity index (χ1n) is 6.54. The van der Waals surface area contributed by atoms with Crippen LogP contribution >= 0.6 is 15.9 Å². The van der Waals surface area contributed by atoms with Gasteiger partial charge < -0.3 is 19.7 Å². The lowest BCUT2D eigenvalue weighted by molar-refractivity contribution is 1.34. The Labute approximate surface area is 140 Å². The summed E-state index contributed by atoms with van der Waals surface area (Å²) in [5.74, 6) is 0.844. The number of aromatic nitrogens is 4. The summed E-state index contributed by atoms with van der Waals surface area (Å²) in [4.78, 5) is 20.5. The maximum atomic E-state index is 6.76. The van der Waals surface area contributed by atoms with Crippen molar-refractivity contribution in [2.75, 3.05) is 0 Å². The van der Waals surface area contributed by atoms with Crippen molar-refractivity contribution in [3.63, 3.8) is 0 Å². The van der Waals surface area contributed by atoms with Crippen LogP contribution in [-0.2, 0) is 0 Å². The van der Waals surface area contributed by atoms with E-state index < -0.39 is 0 Å². The van der Waals surface area contributed by atoms with E-state index in [1.807, 2.05) is 30.6 Å². The molecule has 0 unspecified atom stereocenters. The molecule has 110 valence electrons. The normalized spacial score (nSPS) is 9.87. The van der Waals surface area contributed by atoms with Crippen molar-refractivity contribution in [1.82, 2.24) is 19.9 Å². The van der Waals surface area contributed by atoms with Crippen LogP contribution in [0.15, 0.2) is 47.2 Å². The van der Waals surface area contributed by atoms with E-state index in [4.69, 9.17) is 13.1 Å². The Kier molecular flexibility index (Phi) is 4.05. The van der Waals surface area contributed by atoms with Crippen molar-refractivity contribution in [2.24, 2.45) is 0 Å². The number of H-pyrrole nitrogens is 2. The molecule has 23 heavy (non-hydrogen) atoms. The van der Waals surface area contributed by atoms with Crippen LogP contribution in [-0.4, -0.2) is 19.9 Å². The van der Waals surface area contributed by atoms with Gasteiger partial charge in [-0.05, 0) is 34.1 Å². The van der Waals surface area contributed by atoms with E-state index in [1.54, 1.807) is 12.1 Å². The predicted molar refractivity (Wildman–Crippen MR) is 92.4 cm³/mol. The van der Waals surface area contributed by atoms with Crippen LogP contribution in [0.1, 0.15) is 0 Å². The van der Waals surface area contributed by atoms with Crippen LogP contribution in [0, 0.1) is 13.1 Å². The molecule has 4 aromatic heterocycles. The van der Waals surface area contributed by atoms with Gasteiger partial charge in [0.05, 0.1) is 5.39 Å². The minimum absolute atomic E-state index is 0.414. The van der Waals surface area contributed by atoms with Crippen LogP contribution in [0.25, 0.3) is 31.8 Å². The highest BCUT2D eigenvalue weighted by Gasteiger charge is 2.05. The summed E-state index contributed by atoms with van der Waals surface area (Å²) in [5, 5.41) is 2.04. The fourth-order valence-corrected chi connectivity index (χ4v) is 2.44. The lowest BCUT2D eigenvalue weighted by Gasteiger charge is -1.87. The van der Waals surface area contributed by atoms with Crippen molar-refractivity contribution >= 4 is 49.6 Å². The largest absolute Gasteiger partial charge is 0.361 e. The summed E-state index contributed by atoms with van der Waals surface area (Å²) < 4.78 is 0.974. The molecule has 4 heterocycles. The van der Waals surface area contributed by atoms with Gasteiger partial charge in [0.25, 0.3) is 11.6 Å². The minimum Gasteiger partial charge on any atom is -0.361 e. The molecule has 0 bridgehead atoms. The average molecular weight is 365 g/mol. The zero-order valence-electron chi connectivity index (χ0n) is 11.7. The van der Waals surface area contributed by atoms with E-state index in [0.717, 1.165) is 26.5 Å². The Hall–Kier alpha value is -3.16. The molecule has 4 rings (SSSR count). The van der Waals surface area contributed by atoms with Crippen molar-refractivity contribution in [3.8, 4) is 0 Å². The number of rotatable bonds is 0. The molecule has 4 aromatic rings. The summed E-state index contributed by atoms with van der Waals surface area (Å²) in [7, 11) is 0. The third-order valence-electron chi connectivity index (χ3n) is 3.10. The van der Waals surface area contributed by atoms with E-state index in [0.29, 0.717) is 11.6 Å². The topological polar surface area (TPSA) is 66.1 Å². The molecule has 7 heteroatoms. The van der Waals surface area contributed by atoms with Crippen molar-refractivity contribution in [1.29, 1.82) is 0 Å². The second-order valence-electron chi connectivity index (χ2n) is 4.51. The standard InChI is InChI=1S/C8H4BrN3.C8H5N3/c1-10-7-3-2-5-6(9)4-11-8(5)12-7;1-9-7-3-2-6-4-5-10-8(6)11-7/h2-4H,(H,11,12);2-5H,(H,10,11). The fraction of sp³-hybridized carbons (Fsp3) is 0. The first-order valence-corrected chi connectivity index (χ1v) is 7.33. The Balaban J connectivity index is 0.000000136. The number of halogens is 1. The van der Waals surface area contributed by atoms with Gasteiger partial charge in [0.2, 0.25) is 11.3 Å². The number of aromatic amines is 2. The second kappa shape index (κ2) is 6.30. The minimum atomic E-state index is 0.414. The molecule has 0 spiro atoms. The van der Waals surface area contributed by atoms with E-state index >= 15 is 0 Å². The van der Waals surface area contributed by atoms with Crippen molar-refractivity contribution in [2.45, 2.75) is 0 Å².